The number of carbonyl (C=O) groups excluding carboxylic acids is 3. The van der Waals surface area contributed by atoms with Gasteiger partial charge >= 0.3 is 0 Å². The first kappa shape index (κ1) is 21.8. The molecule has 1 aliphatic carbocycles. The van der Waals surface area contributed by atoms with Crippen molar-refractivity contribution in [1.29, 1.82) is 0 Å². The van der Waals surface area contributed by atoms with E-state index in [1.54, 1.807) is 18.5 Å². The lowest BCUT2D eigenvalue weighted by Crippen LogP contribution is -2.48. The molecule has 6 heteroatoms. The lowest BCUT2D eigenvalue weighted by molar-refractivity contribution is -0.144. The second-order valence-electron chi connectivity index (χ2n) is 9.88. The van der Waals surface area contributed by atoms with Crippen LogP contribution in [0.25, 0.3) is 0 Å². The Morgan fingerprint density at radius 2 is 1.79 bits per heavy atom. The van der Waals surface area contributed by atoms with Crippen LogP contribution in [-0.4, -0.2) is 45.6 Å². The van der Waals surface area contributed by atoms with Crippen LogP contribution in [0.15, 0.2) is 54.9 Å². The molecule has 1 aromatic carbocycles. The van der Waals surface area contributed by atoms with Gasteiger partial charge in [-0.25, -0.2) is 0 Å². The summed E-state index contributed by atoms with van der Waals surface area (Å²) in [5.74, 6) is 0.796. The zero-order valence-corrected chi connectivity index (χ0v) is 19.0. The van der Waals surface area contributed by atoms with Crippen LogP contribution in [0.5, 0.6) is 0 Å². The van der Waals surface area contributed by atoms with E-state index in [0.29, 0.717) is 5.92 Å². The molecule has 0 radical (unpaired) electrons. The van der Waals surface area contributed by atoms with Gasteiger partial charge in [-0.1, -0.05) is 55.7 Å². The molecule has 172 valence electrons. The van der Waals surface area contributed by atoms with Crippen molar-refractivity contribution < 1.29 is 14.4 Å². The fourth-order valence-corrected chi connectivity index (χ4v) is 6.06. The van der Waals surface area contributed by atoms with E-state index in [4.69, 9.17) is 0 Å². The molecule has 6 nitrogen and oxygen atoms in total. The highest BCUT2D eigenvalue weighted by Crippen LogP contribution is 2.42. The maximum absolute atomic E-state index is 13.8. The molecule has 3 atom stereocenters. The number of nitrogens with zero attached hydrogens (tertiary/aromatic N) is 3. The zero-order chi connectivity index (χ0) is 22.8. The van der Waals surface area contributed by atoms with E-state index >= 15 is 0 Å². The molecule has 2 aromatic rings. The highest BCUT2D eigenvalue weighted by atomic mass is 16.2. The Morgan fingerprint density at radius 3 is 2.55 bits per heavy atom. The quantitative estimate of drug-likeness (QED) is 0.658. The van der Waals surface area contributed by atoms with Crippen LogP contribution in [-0.2, 0) is 26.3 Å². The summed E-state index contributed by atoms with van der Waals surface area (Å²) in [5.41, 5.74) is 0.410. The summed E-state index contributed by atoms with van der Waals surface area (Å²) < 4.78 is 0. The van der Waals surface area contributed by atoms with Crippen molar-refractivity contribution in [3.05, 3.63) is 66.0 Å². The van der Waals surface area contributed by atoms with Crippen molar-refractivity contribution in [2.45, 2.75) is 56.9 Å². The van der Waals surface area contributed by atoms with Gasteiger partial charge in [-0.3, -0.25) is 24.3 Å². The molecule has 1 aromatic heterocycles. The number of benzene rings is 1. The van der Waals surface area contributed by atoms with Gasteiger partial charge in [0.2, 0.25) is 17.7 Å². The molecule has 3 heterocycles. The first-order chi connectivity index (χ1) is 16.1. The van der Waals surface area contributed by atoms with E-state index in [2.05, 4.69) is 4.98 Å². The van der Waals surface area contributed by atoms with E-state index in [-0.39, 0.29) is 37.1 Å². The molecule has 3 fully saturated rings. The Labute approximate surface area is 195 Å². The van der Waals surface area contributed by atoms with Crippen molar-refractivity contribution in [2.75, 3.05) is 13.1 Å². The third kappa shape index (κ3) is 4.19. The molecule has 33 heavy (non-hydrogen) atoms. The zero-order valence-electron chi connectivity index (χ0n) is 19.0. The number of hydrogen-bond donors (Lipinski definition) is 0. The highest BCUT2D eigenvalue weighted by molar-refractivity contribution is 6.10. The van der Waals surface area contributed by atoms with Crippen molar-refractivity contribution in [3.8, 4) is 0 Å². The summed E-state index contributed by atoms with van der Waals surface area (Å²) in [6, 6.07) is 13.0. The first-order valence-electron chi connectivity index (χ1n) is 12.1. The molecule has 0 bridgehead atoms. The van der Waals surface area contributed by atoms with Gasteiger partial charge in [-0.15, -0.1) is 0 Å². The number of piperidine rings is 1. The minimum Gasteiger partial charge on any atom is -0.342 e. The molecular formula is C27H31N3O3. The van der Waals surface area contributed by atoms with Crippen LogP contribution in [0.2, 0.25) is 0 Å². The number of hydrogen-bond acceptors (Lipinski definition) is 4. The van der Waals surface area contributed by atoms with Crippen molar-refractivity contribution >= 4 is 17.7 Å². The summed E-state index contributed by atoms with van der Waals surface area (Å²) in [6.07, 6.45) is 9.47. The van der Waals surface area contributed by atoms with E-state index < -0.39 is 5.41 Å². The lowest BCUT2D eigenvalue weighted by Gasteiger charge is -2.42. The lowest BCUT2D eigenvalue weighted by atomic mass is 9.73. The predicted octanol–water partition coefficient (Wildman–Crippen LogP) is 3.71. The number of likely N-dealkylation sites (tertiary alicyclic amines) is 2. The maximum atomic E-state index is 13.8. The second kappa shape index (κ2) is 9.08. The van der Waals surface area contributed by atoms with E-state index in [1.807, 2.05) is 41.3 Å². The number of amides is 3. The molecule has 0 N–H and O–H groups in total. The van der Waals surface area contributed by atoms with Gasteiger partial charge < -0.3 is 4.90 Å². The molecule has 2 saturated heterocycles. The fraction of sp³-hybridized carbons (Fsp3) is 0.481. The SMILES string of the molecule is O=C(C[C@]1(c2ccccc2)CC(=O)N(Cc2cccnc2)C1=O)N1CC[C@@H]2CCCC[C@H]2C1. The van der Waals surface area contributed by atoms with Crippen molar-refractivity contribution in [1.82, 2.24) is 14.8 Å². The van der Waals surface area contributed by atoms with Crippen LogP contribution in [0.1, 0.15) is 56.1 Å². The molecule has 0 spiro atoms. The molecule has 3 amide bonds. The maximum Gasteiger partial charge on any atom is 0.241 e. The number of imide groups is 1. The van der Waals surface area contributed by atoms with Crippen molar-refractivity contribution in [2.24, 2.45) is 11.8 Å². The molecule has 1 saturated carbocycles. The van der Waals surface area contributed by atoms with Crippen LogP contribution in [0.4, 0.5) is 0 Å². The van der Waals surface area contributed by atoms with Gasteiger partial charge in [0.1, 0.15) is 0 Å². The summed E-state index contributed by atoms with van der Waals surface area (Å²) in [7, 11) is 0. The summed E-state index contributed by atoms with van der Waals surface area (Å²) in [4.78, 5) is 47.8. The Bertz CT molecular complexity index is 1030. The predicted molar refractivity (Wildman–Crippen MR) is 124 cm³/mol. The minimum atomic E-state index is -1.14. The number of fused-ring (bicyclic) bond motifs is 1. The highest BCUT2D eigenvalue weighted by Gasteiger charge is 2.54. The topological polar surface area (TPSA) is 70.6 Å². The van der Waals surface area contributed by atoms with Gasteiger partial charge in [0.05, 0.1) is 12.0 Å². The number of rotatable bonds is 5. The number of pyridine rings is 1. The third-order valence-electron chi connectivity index (χ3n) is 7.90. The van der Waals surface area contributed by atoms with Gasteiger partial charge in [-0.05, 0) is 41.9 Å². The normalized spacial score (nSPS) is 27.5. The minimum absolute atomic E-state index is 0.00717. The van der Waals surface area contributed by atoms with E-state index in [0.717, 1.165) is 36.6 Å². The smallest absolute Gasteiger partial charge is 0.241 e. The third-order valence-corrected chi connectivity index (χ3v) is 7.90. The number of aromatic nitrogens is 1. The van der Waals surface area contributed by atoms with E-state index in [1.165, 1.54) is 30.6 Å². The van der Waals surface area contributed by atoms with Gasteiger partial charge in [0.15, 0.2) is 0 Å². The average molecular weight is 446 g/mol. The summed E-state index contributed by atoms with van der Waals surface area (Å²) in [5, 5.41) is 0. The van der Waals surface area contributed by atoms with Crippen LogP contribution in [0, 0.1) is 11.8 Å². The Balaban J connectivity index is 1.40. The molecule has 5 rings (SSSR count). The molecule has 2 aliphatic heterocycles. The van der Waals surface area contributed by atoms with Crippen molar-refractivity contribution in [3.63, 3.8) is 0 Å². The van der Waals surface area contributed by atoms with Crippen LogP contribution >= 0.6 is 0 Å². The Hall–Kier alpha value is -3.02. The number of carbonyl (C=O) groups is 3. The molecule has 3 aliphatic rings. The first-order valence-corrected chi connectivity index (χ1v) is 12.1. The largest absolute Gasteiger partial charge is 0.342 e. The second-order valence-corrected chi connectivity index (χ2v) is 9.88. The van der Waals surface area contributed by atoms with Crippen LogP contribution < -0.4 is 0 Å². The standard InChI is InChI=1S/C27H31N3O3/c31-24(29-14-12-21-8-4-5-9-22(21)19-29)15-27(23-10-2-1-3-11-23)16-25(32)30(26(27)33)18-20-7-6-13-28-17-20/h1-3,6-7,10-11,13,17,21-22H,4-5,8-9,12,14-16,18-19H2/t21-,22-,27+/m0/s1. The van der Waals surface area contributed by atoms with Gasteiger partial charge in [0, 0.05) is 38.3 Å². The van der Waals surface area contributed by atoms with Gasteiger partial charge in [-0.2, -0.15) is 0 Å². The van der Waals surface area contributed by atoms with Gasteiger partial charge in [0.25, 0.3) is 0 Å². The summed E-state index contributed by atoms with van der Waals surface area (Å²) in [6.45, 7) is 1.73. The summed E-state index contributed by atoms with van der Waals surface area (Å²) >= 11 is 0. The fourth-order valence-electron chi connectivity index (χ4n) is 6.06. The Morgan fingerprint density at radius 1 is 1.00 bits per heavy atom. The average Bonchev–Trinajstić information content (AvgIpc) is 3.09. The molecule has 0 unspecified atom stereocenters. The van der Waals surface area contributed by atoms with Crippen LogP contribution in [0.3, 0.4) is 0 Å². The molecular weight excluding hydrogens is 414 g/mol. The monoisotopic (exact) mass is 445 g/mol. The van der Waals surface area contributed by atoms with E-state index in [9.17, 15) is 14.4 Å². The Kier molecular flexibility index (Phi) is 6.00.